The largest absolute Gasteiger partial charge is 0.376 e. The van der Waals surface area contributed by atoms with Crippen molar-refractivity contribution in [3.8, 4) is 28.2 Å². The fourth-order valence-corrected chi connectivity index (χ4v) is 13.5. The molecule has 0 atom stereocenters. The Morgan fingerprint density at radius 1 is 0.636 bits per heavy atom. The fraction of sp³-hybridized carbons (Fsp3) is 0.283. The van der Waals surface area contributed by atoms with E-state index in [1.54, 1.807) is 0 Å². The van der Waals surface area contributed by atoms with Crippen molar-refractivity contribution in [2.24, 2.45) is 7.05 Å². The number of hydrogen-bond acceptors (Lipinski definition) is 3. The maximum Gasteiger partial charge on any atom is 0.333 e. The van der Waals surface area contributed by atoms with Gasteiger partial charge < -0.3 is 13.9 Å². The lowest BCUT2D eigenvalue weighted by atomic mass is 9.43. The molecule has 10 aromatic rings. The average molecular weight is 877 g/mol. The summed E-state index contributed by atoms with van der Waals surface area (Å²) in [5.41, 5.74) is 20.8. The minimum Gasteiger partial charge on any atom is -0.376 e. The number of aryl methyl sites for hydroxylation is 1. The summed E-state index contributed by atoms with van der Waals surface area (Å²) in [4.78, 5) is 8.23. The van der Waals surface area contributed by atoms with Gasteiger partial charge in [0.1, 0.15) is 5.82 Å². The van der Waals surface area contributed by atoms with Gasteiger partial charge in [-0.15, -0.1) is 11.3 Å². The van der Waals surface area contributed by atoms with Crippen LogP contribution in [0.4, 0.5) is 11.4 Å². The zero-order valence-electron chi connectivity index (χ0n) is 40.2. The number of nitrogens with zero attached hydrogens (tertiary/aromatic N) is 4. The normalized spacial score (nSPS) is 16.2. The highest BCUT2D eigenvalue weighted by atomic mass is 32.1. The number of thiophene rings is 1. The number of benzene rings is 7. The van der Waals surface area contributed by atoms with Crippen LogP contribution in [0, 0.1) is 0 Å². The number of fused-ring (bicyclic) bond motifs is 15. The van der Waals surface area contributed by atoms with Gasteiger partial charge >= 0.3 is 6.85 Å². The van der Waals surface area contributed by atoms with E-state index in [0.717, 1.165) is 35.3 Å². The van der Waals surface area contributed by atoms with E-state index < -0.39 is 0 Å². The van der Waals surface area contributed by atoms with Gasteiger partial charge in [-0.3, -0.25) is 0 Å². The van der Waals surface area contributed by atoms with Gasteiger partial charge in [0.25, 0.3) is 0 Å². The Morgan fingerprint density at radius 3 is 2.02 bits per heavy atom. The first-order chi connectivity index (χ1) is 31.4. The fourth-order valence-electron chi connectivity index (χ4n) is 12.2. The van der Waals surface area contributed by atoms with E-state index in [4.69, 9.17) is 4.98 Å². The molecule has 66 heavy (non-hydrogen) atoms. The molecule has 4 nitrogen and oxygen atoms in total. The molecule has 326 valence electrons. The van der Waals surface area contributed by atoms with Gasteiger partial charge in [0.2, 0.25) is 0 Å². The van der Waals surface area contributed by atoms with E-state index in [9.17, 15) is 0 Å². The third kappa shape index (κ3) is 5.37. The molecule has 0 unspecified atom stereocenters. The Bertz CT molecular complexity index is 3730. The topological polar surface area (TPSA) is 26.0 Å². The van der Waals surface area contributed by atoms with Crippen molar-refractivity contribution in [2.75, 3.05) is 4.81 Å². The Kier molecular flexibility index (Phi) is 7.96. The molecule has 0 amide bonds. The highest BCUT2D eigenvalue weighted by Crippen LogP contribution is 2.56. The van der Waals surface area contributed by atoms with Crippen molar-refractivity contribution in [1.29, 1.82) is 0 Å². The molecule has 0 radical (unpaired) electrons. The lowest BCUT2D eigenvalue weighted by molar-refractivity contribution is 0.332. The van der Waals surface area contributed by atoms with E-state index >= 15 is 0 Å². The van der Waals surface area contributed by atoms with E-state index in [1.807, 2.05) is 11.3 Å². The van der Waals surface area contributed by atoms with Gasteiger partial charge in [0.15, 0.2) is 0 Å². The quantitative estimate of drug-likeness (QED) is 0.162. The zero-order chi connectivity index (χ0) is 45.6. The molecular formula is C60H57BN4S. The van der Waals surface area contributed by atoms with Crippen molar-refractivity contribution in [3.05, 3.63) is 144 Å². The molecule has 0 spiro atoms. The third-order valence-corrected chi connectivity index (χ3v) is 17.3. The summed E-state index contributed by atoms with van der Waals surface area (Å²) in [5.74, 6) is 0.982. The molecule has 1 aliphatic carbocycles. The van der Waals surface area contributed by atoms with E-state index in [0.29, 0.717) is 0 Å². The Hall–Kier alpha value is -6.11. The predicted octanol–water partition coefficient (Wildman–Crippen LogP) is 14.9. The Labute approximate surface area is 393 Å². The second-order valence-electron chi connectivity index (χ2n) is 23.1. The number of rotatable bonds is 2. The van der Waals surface area contributed by atoms with Gasteiger partial charge in [-0.25, -0.2) is 4.98 Å². The summed E-state index contributed by atoms with van der Waals surface area (Å²) in [5, 5.41) is 5.46. The molecule has 13 rings (SSSR count). The van der Waals surface area contributed by atoms with Crippen LogP contribution in [0.15, 0.2) is 121 Å². The third-order valence-electron chi connectivity index (χ3n) is 16.1. The standard InChI is InChI=1S/C60H57BN4S/c1-57(2,3)35-21-24-37(25-22-35)65-46-31-42-41(59(7,8)27-28-60(42,9)10)30-40(46)50-51-38-19-15-16-20-49(38)66-55(51)52-39-29-36(58(4,5)6)23-26-45(39)64-47-33-48-44(32-43(47)61(65)53(50)54(52)64)62-56(63(48)11)34-17-13-12-14-18-34/h12-26,29-33H,27-28H2,1-11H3. The van der Waals surface area contributed by atoms with E-state index in [1.165, 1.54) is 103 Å². The maximum absolute atomic E-state index is 5.49. The minimum absolute atomic E-state index is 0.0138. The van der Waals surface area contributed by atoms with Crippen LogP contribution in [0.25, 0.3) is 81.2 Å². The van der Waals surface area contributed by atoms with Crippen LogP contribution in [0.2, 0.25) is 0 Å². The Balaban J connectivity index is 1.27. The molecule has 0 N–H and O–H groups in total. The predicted molar refractivity (Wildman–Crippen MR) is 285 cm³/mol. The molecule has 0 bridgehead atoms. The maximum atomic E-state index is 5.49. The van der Waals surface area contributed by atoms with Crippen LogP contribution in [-0.4, -0.2) is 21.0 Å². The smallest absolute Gasteiger partial charge is 0.333 e. The zero-order valence-corrected chi connectivity index (χ0v) is 41.1. The number of hydrogen-bond donors (Lipinski definition) is 0. The first-order valence-electron chi connectivity index (χ1n) is 24.0. The summed E-state index contributed by atoms with van der Waals surface area (Å²) in [6.07, 6.45) is 2.32. The Morgan fingerprint density at radius 2 is 1.30 bits per heavy atom. The van der Waals surface area contributed by atoms with Gasteiger partial charge in [-0.05, 0) is 128 Å². The van der Waals surface area contributed by atoms with Crippen molar-refractivity contribution in [3.63, 3.8) is 0 Å². The van der Waals surface area contributed by atoms with Crippen molar-refractivity contribution in [1.82, 2.24) is 14.1 Å². The van der Waals surface area contributed by atoms with E-state index in [-0.39, 0.29) is 28.5 Å². The SMILES string of the molecule is Cn1c(-c2ccccc2)nc2cc3c(cc21)-n1c2ccc(C(C)(C)C)cc2c2c4sc5ccccc5c4c4c(c21)B3N(c1ccc(C(C)(C)C)cc1)c1cc2c(cc1-4)C(C)(C)CCC2(C)C. The van der Waals surface area contributed by atoms with Crippen LogP contribution >= 0.6 is 11.3 Å². The molecule has 6 heteroatoms. The molecule has 5 heterocycles. The van der Waals surface area contributed by atoms with Crippen molar-refractivity contribution >= 4 is 93.5 Å². The summed E-state index contributed by atoms with van der Waals surface area (Å²) in [7, 11) is 2.19. The minimum atomic E-state index is -0.128. The molecule has 3 aromatic heterocycles. The number of aromatic nitrogens is 3. The van der Waals surface area contributed by atoms with Crippen LogP contribution in [-0.2, 0) is 28.7 Å². The summed E-state index contributed by atoms with van der Waals surface area (Å²) >= 11 is 1.98. The molecule has 0 saturated carbocycles. The van der Waals surface area contributed by atoms with Crippen LogP contribution in [0.5, 0.6) is 0 Å². The van der Waals surface area contributed by atoms with Gasteiger partial charge in [0, 0.05) is 66.2 Å². The molecule has 3 aliphatic rings. The van der Waals surface area contributed by atoms with Crippen LogP contribution in [0.3, 0.4) is 0 Å². The number of anilines is 2. The summed E-state index contributed by atoms with van der Waals surface area (Å²) in [6, 6.07) is 47.0. The lowest BCUT2D eigenvalue weighted by Crippen LogP contribution is -2.60. The lowest BCUT2D eigenvalue weighted by Gasteiger charge is -2.46. The van der Waals surface area contributed by atoms with E-state index in [2.05, 4.69) is 212 Å². The molecule has 7 aromatic carbocycles. The average Bonchev–Trinajstić information content (AvgIpc) is 3.95. The first kappa shape index (κ1) is 40.2. The van der Waals surface area contributed by atoms with Gasteiger partial charge in [-0.2, -0.15) is 0 Å². The molecule has 2 aliphatic heterocycles. The van der Waals surface area contributed by atoms with Gasteiger partial charge in [-0.1, -0.05) is 136 Å². The highest BCUT2D eigenvalue weighted by molar-refractivity contribution is 7.27. The first-order valence-corrected chi connectivity index (χ1v) is 24.8. The summed E-state index contributed by atoms with van der Waals surface area (Å²) < 4.78 is 7.70. The van der Waals surface area contributed by atoms with Gasteiger partial charge in [0.05, 0.1) is 22.1 Å². The molecule has 0 saturated heterocycles. The van der Waals surface area contributed by atoms with Crippen molar-refractivity contribution in [2.45, 2.75) is 104 Å². The monoisotopic (exact) mass is 876 g/mol. The van der Waals surface area contributed by atoms with Crippen LogP contribution < -0.4 is 15.7 Å². The molecular weight excluding hydrogens is 820 g/mol. The highest BCUT2D eigenvalue weighted by Gasteiger charge is 2.48. The van der Waals surface area contributed by atoms with Crippen LogP contribution in [0.1, 0.15) is 104 Å². The molecule has 0 fully saturated rings. The number of imidazole rings is 1. The summed E-state index contributed by atoms with van der Waals surface area (Å²) in [6.45, 7) is 23.8. The van der Waals surface area contributed by atoms with Crippen molar-refractivity contribution < 1.29 is 0 Å². The second-order valence-corrected chi connectivity index (χ2v) is 24.2. The second kappa shape index (κ2) is 13.1.